The van der Waals surface area contributed by atoms with Gasteiger partial charge in [-0.25, -0.2) is 14.8 Å². The molecule has 0 amide bonds. The molecule has 152 valence electrons. The summed E-state index contributed by atoms with van der Waals surface area (Å²) in [5.41, 5.74) is -1.81. The van der Waals surface area contributed by atoms with Gasteiger partial charge in [-0.2, -0.15) is 13.2 Å². The Balaban J connectivity index is 2.14. The van der Waals surface area contributed by atoms with Crippen LogP contribution in [0.4, 0.5) is 19.0 Å². The van der Waals surface area contributed by atoms with Gasteiger partial charge in [0.2, 0.25) is 0 Å². The van der Waals surface area contributed by atoms with Gasteiger partial charge in [-0.05, 0) is 30.3 Å². The van der Waals surface area contributed by atoms with Crippen molar-refractivity contribution >= 4 is 35.0 Å². The molecule has 0 saturated carbocycles. The molecule has 6 nitrogen and oxygen atoms in total. The Morgan fingerprint density at radius 2 is 2.00 bits per heavy atom. The van der Waals surface area contributed by atoms with E-state index in [9.17, 15) is 18.0 Å². The first-order chi connectivity index (χ1) is 13.7. The van der Waals surface area contributed by atoms with Crippen LogP contribution in [-0.4, -0.2) is 23.0 Å². The quantitative estimate of drug-likeness (QED) is 0.525. The molecule has 2 aromatic heterocycles. The highest BCUT2D eigenvalue weighted by Gasteiger charge is 2.35. The second-order valence-corrected chi connectivity index (χ2v) is 6.48. The van der Waals surface area contributed by atoms with E-state index in [1.54, 1.807) is 12.1 Å². The van der Waals surface area contributed by atoms with Crippen molar-refractivity contribution in [1.29, 1.82) is 0 Å². The van der Waals surface area contributed by atoms with E-state index in [4.69, 9.17) is 27.6 Å². The van der Waals surface area contributed by atoms with Gasteiger partial charge in [0, 0.05) is 10.6 Å². The number of methoxy groups -OCH3 is 1. The first kappa shape index (κ1) is 20.9. The summed E-state index contributed by atoms with van der Waals surface area (Å²) in [4.78, 5) is 20.0. The SMILES string of the molecule is COC(=O)c1nc(-c2ccc(Cl)cc2C(F)(F)F)nc(NCc2ccco2)c1Cl. The molecule has 1 N–H and O–H groups in total. The van der Waals surface area contributed by atoms with Crippen LogP contribution in [-0.2, 0) is 17.5 Å². The fourth-order valence-electron chi connectivity index (χ4n) is 2.45. The summed E-state index contributed by atoms with van der Waals surface area (Å²) >= 11 is 11.9. The summed E-state index contributed by atoms with van der Waals surface area (Å²) in [6.07, 6.45) is -3.27. The van der Waals surface area contributed by atoms with Crippen molar-refractivity contribution in [3.05, 3.63) is 63.7 Å². The Kier molecular flexibility index (Phi) is 5.99. The van der Waals surface area contributed by atoms with Gasteiger partial charge in [-0.1, -0.05) is 23.2 Å². The zero-order valence-electron chi connectivity index (χ0n) is 14.7. The largest absolute Gasteiger partial charge is 0.467 e. The number of ether oxygens (including phenoxy) is 1. The molecule has 0 aliphatic rings. The fraction of sp³-hybridized carbons (Fsp3) is 0.167. The van der Waals surface area contributed by atoms with Gasteiger partial charge in [0.05, 0.1) is 25.5 Å². The Morgan fingerprint density at radius 1 is 1.24 bits per heavy atom. The molecule has 0 spiro atoms. The number of carbonyl (C=O) groups excluding carboxylic acids is 1. The number of esters is 1. The van der Waals surface area contributed by atoms with E-state index >= 15 is 0 Å². The lowest BCUT2D eigenvalue weighted by atomic mass is 10.1. The highest BCUT2D eigenvalue weighted by Crippen LogP contribution is 2.38. The average Bonchev–Trinajstić information content (AvgIpc) is 3.19. The van der Waals surface area contributed by atoms with Crippen LogP contribution in [0, 0.1) is 0 Å². The van der Waals surface area contributed by atoms with Crippen LogP contribution in [0.2, 0.25) is 10.0 Å². The molecule has 11 heteroatoms. The van der Waals surface area contributed by atoms with Gasteiger partial charge in [0.1, 0.15) is 16.6 Å². The minimum atomic E-state index is -4.73. The number of furan rings is 1. The Morgan fingerprint density at radius 3 is 2.62 bits per heavy atom. The monoisotopic (exact) mass is 445 g/mol. The van der Waals surface area contributed by atoms with Crippen LogP contribution in [0.3, 0.4) is 0 Å². The van der Waals surface area contributed by atoms with Crippen molar-refractivity contribution in [1.82, 2.24) is 9.97 Å². The third-order valence-electron chi connectivity index (χ3n) is 3.77. The summed E-state index contributed by atoms with van der Waals surface area (Å²) < 4.78 is 50.3. The second-order valence-electron chi connectivity index (χ2n) is 5.67. The minimum Gasteiger partial charge on any atom is -0.467 e. The molecule has 3 aromatic rings. The van der Waals surface area contributed by atoms with Crippen LogP contribution in [0.1, 0.15) is 21.8 Å². The van der Waals surface area contributed by atoms with Crippen molar-refractivity contribution in [2.24, 2.45) is 0 Å². The molecule has 2 heterocycles. The molecule has 1 aromatic carbocycles. The number of aromatic nitrogens is 2. The van der Waals surface area contributed by atoms with Crippen LogP contribution < -0.4 is 5.32 Å². The van der Waals surface area contributed by atoms with Crippen LogP contribution in [0.5, 0.6) is 0 Å². The van der Waals surface area contributed by atoms with Gasteiger partial charge in [0.25, 0.3) is 0 Å². The van der Waals surface area contributed by atoms with Crippen molar-refractivity contribution < 1.29 is 27.1 Å². The van der Waals surface area contributed by atoms with Gasteiger partial charge in [0.15, 0.2) is 11.5 Å². The predicted molar refractivity (Wildman–Crippen MR) is 99.9 cm³/mol. The number of hydrogen-bond donors (Lipinski definition) is 1. The van der Waals surface area contributed by atoms with Gasteiger partial charge >= 0.3 is 12.1 Å². The third-order valence-corrected chi connectivity index (χ3v) is 4.36. The van der Waals surface area contributed by atoms with E-state index in [1.165, 1.54) is 12.3 Å². The maximum absolute atomic E-state index is 13.5. The molecule has 3 rings (SSSR count). The lowest BCUT2D eigenvalue weighted by Gasteiger charge is -2.15. The van der Waals surface area contributed by atoms with E-state index in [1.807, 2.05) is 0 Å². The zero-order chi connectivity index (χ0) is 21.2. The smallest absolute Gasteiger partial charge is 0.417 e. The maximum atomic E-state index is 13.5. The van der Waals surface area contributed by atoms with Crippen molar-refractivity contribution in [3.63, 3.8) is 0 Å². The van der Waals surface area contributed by atoms with Crippen molar-refractivity contribution in [2.75, 3.05) is 12.4 Å². The molecular weight excluding hydrogens is 434 g/mol. The Labute approximate surface area is 172 Å². The first-order valence-corrected chi connectivity index (χ1v) is 8.75. The highest BCUT2D eigenvalue weighted by atomic mass is 35.5. The van der Waals surface area contributed by atoms with Crippen LogP contribution in [0.15, 0.2) is 41.0 Å². The minimum absolute atomic E-state index is 0.0588. The van der Waals surface area contributed by atoms with Crippen LogP contribution >= 0.6 is 23.2 Å². The first-order valence-electron chi connectivity index (χ1n) is 8.00. The molecular formula is C18H12Cl2F3N3O3. The molecule has 0 unspecified atom stereocenters. The topological polar surface area (TPSA) is 77.2 Å². The number of benzene rings is 1. The predicted octanol–water partition coefficient (Wildman–Crippen LogP) is 5.46. The molecule has 0 saturated heterocycles. The lowest BCUT2D eigenvalue weighted by Crippen LogP contribution is -2.13. The van der Waals surface area contributed by atoms with Gasteiger partial charge in [-0.15, -0.1) is 0 Å². The van der Waals surface area contributed by atoms with E-state index in [0.717, 1.165) is 19.2 Å². The molecule has 29 heavy (non-hydrogen) atoms. The molecule has 0 fully saturated rings. The standard InChI is InChI=1S/C18H12Cl2F3N3O3/c1-28-17(27)14-13(20)16(24-8-10-3-2-6-29-10)26-15(25-14)11-5-4-9(19)7-12(11)18(21,22)23/h2-7H,8H2,1H3,(H,24,25,26). The van der Waals surface area contributed by atoms with E-state index in [2.05, 4.69) is 20.0 Å². The molecule has 0 aliphatic heterocycles. The third kappa shape index (κ3) is 4.63. The lowest BCUT2D eigenvalue weighted by molar-refractivity contribution is -0.137. The highest BCUT2D eigenvalue weighted by molar-refractivity contribution is 6.35. The molecule has 0 bridgehead atoms. The number of halogens is 5. The summed E-state index contributed by atoms with van der Waals surface area (Å²) in [6, 6.07) is 6.46. The van der Waals surface area contributed by atoms with Gasteiger partial charge in [-0.3, -0.25) is 0 Å². The van der Waals surface area contributed by atoms with E-state index in [-0.39, 0.29) is 39.5 Å². The van der Waals surface area contributed by atoms with E-state index < -0.39 is 17.7 Å². The normalized spacial score (nSPS) is 11.4. The number of hydrogen-bond acceptors (Lipinski definition) is 6. The molecule has 0 atom stereocenters. The fourth-order valence-corrected chi connectivity index (χ4v) is 2.85. The number of carbonyl (C=O) groups is 1. The Bertz CT molecular complexity index is 1040. The van der Waals surface area contributed by atoms with Crippen molar-refractivity contribution in [2.45, 2.75) is 12.7 Å². The number of nitrogens with zero attached hydrogens (tertiary/aromatic N) is 2. The summed E-state index contributed by atoms with van der Waals surface area (Å²) in [5.74, 6) is -0.845. The summed E-state index contributed by atoms with van der Waals surface area (Å²) in [6.45, 7) is 0.122. The maximum Gasteiger partial charge on any atom is 0.417 e. The van der Waals surface area contributed by atoms with Gasteiger partial charge < -0.3 is 14.5 Å². The summed E-state index contributed by atoms with van der Waals surface area (Å²) in [7, 11) is 1.10. The van der Waals surface area contributed by atoms with Crippen molar-refractivity contribution in [3.8, 4) is 11.4 Å². The number of anilines is 1. The van der Waals surface area contributed by atoms with E-state index in [0.29, 0.717) is 5.76 Å². The van der Waals surface area contributed by atoms with Crippen LogP contribution in [0.25, 0.3) is 11.4 Å². The number of alkyl halides is 3. The molecule has 0 aliphatic carbocycles. The second kappa shape index (κ2) is 8.30. The number of nitrogens with one attached hydrogen (secondary N) is 1. The number of rotatable bonds is 5. The Hall–Kier alpha value is -2.78. The molecule has 0 radical (unpaired) electrons. The summed E-state index contributed by atoms with van der Waals surface area (Å²) in [5, 5.41) is 2.51. The zero-order valence-corrected chi connectivity index (χ0v) is 16.2. The average molecular weight is 446 g/mol.